The maximum Gasteiger partial charge on any atom is 0.306 e. The molecule has 0 aromatic carbocycles. The van der Waals surface area contributed by atoms with Crippen molar-refractivity contribution in [3.63, 3.8) is 0 Å². The Kier molecular flexibility index (Phi) is 64.6. The maximum atomic E-state index is 13.0. The van der Waals surface area contributed by atoms with Gasteiger partial charge in [0.1, 0.15) is 13.2 Å². The third-order valence-corrected chi connectivity index (χ3v) is 15.6. The fraction of sp³-hybridized carbons (Fsp3) is 0.847. The molecule has 0 spiro atoms. The average molecular weight is 1090 g/mol. The molecule has 1 unspecified atom stereocenters. The van der Waals surface area contributed by atoms with Gasteiger partial charge in [0, 0.05) is 19.3 Å². The smallest absolute Gasteiger partial charge is 0.306 e. The van der Waals surface area contributed by atoms with Crippen molar-refractivity contribution in [2.45, 2.75) is 380 Å². The van der Waals surface area contributed by atoms with E-state index < -0.39 is 6.10 Å². The Labute approximate surface area is 486 Å². The van der Waals surface area contributed by atoms with Crippen molar-refractivity contribution in [2.24, 2.45) is 0 Å². The van der Waals surface area contributed by atoms with Gasteiger partial charge in [-0.05, 0) is 57.8 Å². The molecule has 0 saturated heterocycles. The van der Waals surface area contributed by atoms with Gasteiger partial charge >= 0.3 is 17.9 Å². The number of ether oxygens (including phenoxy) is 3. The molecule has 0 bridgehead atoms. The molecule has 6 heteroatoms. The second-order valence-corrected chi connectivity index (χ2v) is 23.4. The minimum absolute atomic E-state index is 0.0721. The van der Waals surface area contributed by atoms with Crippen LogP contribution in [0.15, 0.2) is 48.6 Å². The van der Waals surface area contributed by atoms with E-state index in [0.717, 1.165) is 89.9 Å². The van der Waals surface area contributed by atoms with Crippen LogP contribution in [0, 0.1) is 0 Å². The highest BCUT2D eigenvalue weighted by molar-refractivity contribution is 5.71. The first kappa shape index (κ1) is 75.4. The zero-order valence-electron chi connectivity index (χ0n) is 52.5. The fourth-order valence-electron chi connectivity index (χ4n) is 10.4. The molecule has 0 amide bonds. The first-order valence-electron chi connectivity index (χ1n) is 34.6. The Bertz CT molecular complexity index is 1350. The third-order valence-electron chi connectivity index (χ3n) is 15.6. The zero-order chi connectivity index (χ0) is 56.4. The molecule has 6 nitrogen and oxygen atoms in total. The Morgan fingerprint density at radius 1 is 0.269 bits per heavy atom. The summed E-state index contributed by atoms with van der Waals surface area (Å²) in [6.45, 7) is 6.59. The summed E-state index contributed by atoms with van der Waals surface area (Å²) in [5, 5.41) is 0. The summed E-state index contributed by atoms with van der Waals surface area (Å²) >= 11 is 0. The molecule has 0 N–H and O–H groups in total. The second kappa shape index (κ2) is 66.9. The van der Waals surface area contributed by atoms with Crippen molar-refractivity contribution in [3.05, 3.63) is 48.6 Å². The Hall–Kier alpha value is -2.63. The molecule has 0 aromatic rings. The van der Waals surface area contributed by atoms with E-state index in [1.54, 1.807) is 0 Å². The summed E-state index contributed by atoms with van der Waals surface area (Å²) in [4.78, 5) is 38.5. The molecule has 0 radical (unpaired) electrons. The second-order valence-electron chi connectivity index (χ2n) is 23.4. The predicted octanol–water partition coefficient (Wildman–Crippen LogP) is 23.7. The van der Waals surface area contributed by atoms with E-state index in [0.29, 0.717) is 19.3 Å². The lowest BCUT2D eigenvalue weighted by molar-refractivity contribution is -0.167. The van der Waals surface area contributed by atoms with Gasteiger partial charge in [-0.3, -0.25) is 14.4 Å². The highest BCUT2D eigenvalue weighted by Crippen LogP contribution is 2.18. The first-order valence-corrected chi connectivity index (χ1v) is 34.6. The van der Waals surface area contributed by atoms with Crippen LogP contribution in [0.2, 0.25) is 0 Å². The Morgan fingerprint density at radius 3 is 0.782 bits per heavy atom. The topological polar surface area (TPSA) is 78.9 Å². The lowest BCUT2D eigenvalue weighted by Gasteiger charge is -2.18. The van der Waals surface area contributed by atoms with Crippen LogP contribution in [0.25, 0.3) is 0 Å². The molecule has 0 aliphatic heterocycles. The number of rotatable bonds is 64. The number of carbonyl (C=O) groups is 3. The molecule has 0 saturated carbocycles. The van der Waals surface area contributed by atoms with Crippen LogP contribution in [0.5, 0.6) is 0 Å². The van der Waals surface area contributed by atoms with E-state index >= 15 is 0 Å². The minimum atomic E-state index is -0.777. The summed E-state index contributed by atoms with van der Waals surface area (Å²) in [6, 6.07) is 0. The van der Waals surface area contributed by atoms with Crippen LogP contribution in [0.1, 0.15) is 374 Å². The molecule has 456 valence electrons. The molecule has 0 fully saturated rings. The van der Waals surface area contributed by atoms with E-state index in [9.17, 15) is 14.4 Å². The highest BCUT2D eigenvalue weighted by atomic mass is 16.6. The van der Waals surface area contributed by atoms with Gasteiger partial charge in [0.25, 0.3) is 0 Å². The van der Waals surface area contributed by atoms with Gasteiger partial charge in [0.2, 0.25) is 0 Å². The van der Waals surface area contributed by atoms with Crippen LogP contribution in [0.4, 0.5) is 0 Å². The van der Waals surface area contributed by atoms with Crippen molar-refractivity contribution < 1.29 is 28.6 Å². The molecule has 0 rings (SSSR count). The normalized spacial score (nSPS) is 12.3. The van der Waals surface area contributed by atoms with Crippen LogP contribution >= 0.6 is 0 Å². The standard InChI is InChI=1S/C72H132O6/c1-4-7-10-13-16-19-22-25-28-31-34-36-39-41-44-47-50-53-56-59-62-65-71(74)77-68-69(67-76-70(73)64-61-58-55-52-49-46-43-40-37-33-30-27-24-21-18-15-12-9-6-3)78-72(75)66-63-60-57-54-51-48-45-42-38-35-32-29-26-23-20-17-14-11-8-5-2/h9,12,18,21,27,30,37,40,69H,4-8,10-11,13-17,19-20,22-26,28-29,31-36,38-39,41-68H2,1-3H3/b12-9-,21-18-,30-27-,40-37-. The molecule has 1 atom stereocenters. The van der Waals surface area contributed by atoms with Gasteiger partial charge in [-0.25, -0.2) is 0 Å². The van der Waals surface area contributed by atoms with Gasteiger partial charge in [-0.1, -0.05) is 345 Å². The third kappa shape index (κ3) is 64.2. The Morgan fingerprint density at radius 2 is 0.500 bits per heavy atom. The largest absolute Gasteiger partial charge is 0.462 e. The Balaban J connectivity index is 4.33. The molecule has 78 heavy (non-hydrogen) atoms. The molecular weight excluding hydrogens is 961 g/mol. The quantitative estimate of drug-likeness (QED) is 0.0261. The van der Waals surface area contributed by atoms with E-state index in [2.05, 4.69) is 69.4 Å². The molecule has 0 aromatic heterocycles. The van der Waals surface area contributed by atoms with Crippen molar-refractivity contribution >= 4 is 17.9 Å². The van der Waals surface area contributed by atoms with E-state index in [1.807, 2.05) is 0 Å². The molecule has 0 heterocycles. The van der Waals surface area contributed by atoms with Gasteiger partial charge in [0.05, 0.1) is 0 Å². The summed E-state index contributed by atoms with van der Waals surface area (Å²) in [7, 11) is 0. The van der Waals surface area contributed by atoms with Crippen LogP contribution in [-0.4, -0.2) is 37.2 Å². The SMILES string of the molecule is CC/C=C\C/C=C\C/C=C\C/C=C\CCCCCCCCC(=O)OCC(COC(=O)CCCCCCCCCCCCCCCCCCCCCCC)OC(=O)CCCCCCCCCCCCCCCCCCCCCC. The minimum Gasteiger partial charge on any atom is -0.462 e. The number of hydrogen-bond donors (Lipinski definition) is 0. The van der Waals surface area contributed by atoms with Gasteiger partial charge in [-0.15, -0.1) is 0 Å². The summed E-state index contributed by atoms with van der Waals surface area (Å²) in [5.74, 6) is -0.857. The lowest BCUT2D eigenvalue weighted by Crippen LogP contribution is -2.30. The molecule has 0 aliphatic rings. The number of unbranched alkanes of at least 4 members (excludes halogenated alkanes) is 45. The van der Waals surface area contributed by atoms with Crippen molar-refractivity contribution in [1.29, 1.82) is 0 Å². The first-order chi connectivity index (χ1) is 38.5. The van der Waals surface area contributed by atoms with Gasteiger partial charge in [-0.2, -0.15) is 0 Å². The number of carbonyl (C=O) groups excluding carboxylic acids is 3. The molecular formula is C72H132O6. The fourth-order valence-corrected chi connectivity index (χ4v) is 10.4. The van der Waals surface area contributed by atoms with Crippen molar-refractivity contribution in [1.82, 2.24) is 0 Å². The van der Waals surface area contributed by atoms with Crippen LogP contribution < -0.4 is 0 Å². The lowest BCUT2D eigenvalue weighted by atomic mass is 10.0. The van der Waals surface area contributed by atoms with Crippen molar-refractivity contribution in [3.8, 4) is 0 Å². The van der Waals surface area contributed by atoms with Crippen LogP contribution in [0.3, 0.4) is 0 Å². The monoisotopic (exact) mass is 1090 g/mol. The number of allylic oxidation sites excluding steroid dienone is 8. The van der Waals surface area contributed by atoms with E-state index in [-0.39, 0.29) is 31.1 Å². The van der Waals surface area contributed by atoms with E-state index in [1.165, 1.54) is 244 Å². The van der Waals surface area contributed by atoms with E-state index in [4.69, 9.17) is 14.2 Å². The highest BCUT2D eigenvalue weighted by Gasteiger charge is 2.19. The summed E-state index contributed by atoms with van der Waals surface area (Å²) < 4.78 is 17.0. The summed E-state index contributed by atoms with van der Waals surface area (Å²) in [6.07, 6.45) is 84.1. The summed E-state index contributed by atoms with van der Waals surface area (Å²) in [5.41, 5.74) is 0. The maximum absolute atomic E-state index is 13.0. The van der Waals surface area contributed by atoms with Crippen molar-refractivity contribution in [2.75, 3.05) is 13.2 Å². The molecule has 0 aliphatic carbocycles. The average Bonchev–Trinajstić information content (AvgIpc) is 3.44. The predicted molar refractivity (Wildman–Crippen MR) is 339 cm³/mol. The van der Waals surface area contributed by atoms with Crippen LogP contribution in [-0.2, 0) is 28.6 Å². The van der Waals surface area contributed by atoms with Gasteiger partial charge in [0.15, 0.2) is 6.10 Å². The number of hydrogen-bond acceptors (Lipinski definition) is 6. The number of esters is 3. The zero-order valence-corrected chi connectivity index (χ0v) is 52.5. The van der Waals surface area contributed by atoms with Gasteiger partial charge < -0.3 is 14.2 Å².